The molecule has 9 heteroatoms. The molecule has 0 saturated heterocycles. The van der Waals surface area contributed by atoms with E-state index in [0.717, 1.165) is 67.4 Å². The van der Waals surface area contributed by atoms with Crippen molar-refractivity contribution in [3.8, 4) is 0 Å². The molecule has 5 nitrogen and oxygen atoms in total. The lowest BCUT2D eigenvalue weighted by Crippen LogP contribution is -2.37. The molecule has 3 aromatic rings. The number of halogens is 4. The Bertz CT molecular complexity index is 1060. The van der Waals surface area contributed by atoms with Gasteiger partial charge in [0.05, 0.1) is 5.52 Å². The number of hydrogen-bond donors (Lipinski definition) is 2. The van der Waals surface area contributed by atoms with Crippen LogP contribution >= 0.6 is 24.8 Å². The average Bonchev–Trinajstić information content (AvgIpc) is 2.79. The summed E-state index contributed by atoms with van der Waals surface area (Å²) in [5, 5.41) is 8.22. The number of rotatable bonds is 8. The zero-order chi connectivity index (χ0) is 22.5. The Labute approximate surface area is 212 Å². The molecule has 0 radical (unpaired) electrons. The molecule has 0 bridgehead atoms. The van der Waals surface area contributed by atoms with Gasteiger partial charge in [0.2, 0.25) is 5.95 Å². The summed E-state index contributed by atoms with van der Waals surface area (Å²) in [6.45, 7) is 0.877. The lowest BCUT2D eigenvalue weighted by molar-refractivity contribution is 0.352. The highest BCUT2D eigenvalue weighted by Gasteiger charge is 2.22. The van der Waals surface area contributed by atoms with Crippen LogP contribution in [0.15, 0.2) is 42.5 Å². The second kappa shape index (κ2) is 13.0. The molecule has 1 aliphatic rings. The monoisotopic (exact) mass is 511 g/mol. The van der Waals surface area contributed by atoms with Gasteiger partial charge >= 0.3 is 0 Å². The van der Waals surface area contributed by atoms with Crippen LogP contribution in [0.25, 0.3) is 10.9 Å². The molecule has 34 heavy (non-hydrogen) atoms. The van der Waals surface area contributed by atoms with Crippen LogP contribution in [0.5, 0.6) is 0 Å². The van der Waals surface area contributed by atoms with Crippen LogP contribution < -0.4 is 15.5 Å². The number of nitrogens with zero attached hydrogens (tertiary/aromatic N) is 3. The zero-order valence-corrected chi connectivity index (χ0v) is 21.2. The normalized spacial score (nSPS) is 17.5. The quantitative estimate of drug-likeness (QED) is 0.376. The summed E-state index contributed by atoms with van der Waals surface area (Å²) < 4.78 is 26.3. The number of hydrogen-bond acceptors (Lipinski definition) is 5. The van der Waals surface area contributed by atoms with Crippen molar-refractivity contribution in [2.45, 2.75) is 50.6 Å². The van der Waals surface area contributed by atoms with E-state index in [1.165, 1.54) is 12.1 Å². The van der Waals surface area contributed by atoms with Gasteiger partial charge in [0.15, 0.2) is 11.6 Å². The van der Waals surface area contributed by atoms with Crippen molar-refractivity contribution in [1.29, 1.82) is 0 Å². The minimum Gasteiger partial charge on any atom is -0.362 e. The summed E-state index contributed by atoms with van der Waals surface area (Å²) in [4.78, 5) is 11.5. The maximum atomic E-state index is 13.3. The molecule has 0 unspecified atom stereocenters. The van der Waals surface area contributed by atoms with Gasteiger partial charge in [0, 0.05) is 31.6 Å². The predicted molar refractivity (Wildman–Crippen MR) is 141 cm³/mol. The molecule has 1 heterocycles. The third-order valence-electron chi connectivity index (χ3n) is 6.13. The van der Waals surface area contributed by atoms with E-state index < -0.39 is 11.6 Å². The van der Waals surface area contributed by atoms with E-state index in [2.05, 4.69) is 16.7 Å². The zero-order valence-electron chi connectivity index (χ0n) is 19.6. The van der Waals surface area contributed by atoms with Crippen LogP contribution in [-0.4, -0.2) is 42.7 Å². The highest BCUT2D eigenvalue weighted by Crippen LogP contribution is 2.26. The molecule has 2 aromatic carbocycles. The van der Waals surface area contributed by atoms with Gasteiger partial charge in [-0.2, -0.15) is 4.98 Å². The minimum atomic E-state index is -0.788. The third-order valence-corrected chi connectivity index (χ3v) is 6.13. The van der Waals surface area contributed by atoms with Gasteiger partial charge < -0.3 is 15.5 Å². The highest BCUT2D eigenvalue weighted by atomic mass is 35.5. The Morgan fingerprint density at radius 3 is 2.32 bits per heavy atom. The van der Waals surface area contributed by atoms with E-state index in [1.807, 2.05) is 37.2 Å². The fourth-order valence-corrected chi connectivity index (χ4v) is 4.38. The van der Waals surface area contributed by atoms with Gasteiger partial charge in [-0.3, -0.25) is 0 Å². The Hall–Kier alpha value is -2.22. The first kappa shape index (κ1) is 28.0. The molecule has 0 spiro atoms. The van der Waals surface area contributed by atoms with Crippen molar-refractivity contribution in [3.63, 3.8) is 0 Å². The van der Waals surface area contributed by atoms with Crippen LogP contribution in [0.3, 0.4) is 0 Å². The standard InChI is InChI=1S/C25H31F2N5.2ClH/c1-32(2)24-20-7-3-4-8-23(20)30-25(31-24)29-19-12-10-18(11-13-19)28-15-5-6-17-9-14-21(26)22(27)16-17;;/h3-4,7-9,14,16,18-19,28H,5-6,10-13,15H2,1-2H3,(H,29,30,31);2*1H/t18-,19+;;. The molecule has 1 aromatic heterocycles. The topological polar surface area (TPSA) is 53.1 Å². The van der Waals surface area contributed by atoms with Gasteiger partial charge in [-0.15, -0.1) is 24.8 Å². The molecule has 4 rings (SSSR count). The van der Waals surface area contributed by atoms with E-state index in [9.17, 15) is 8.78 Å². The second-order valence-electron chi connectivity index (χ2n) is 8.78. The SMILES string of the molecule is CN(C)c1nc(N[C@H]2CC[C@@H](NCCCc3ccc(F)c(F)c3)CC2)nc2ccccc12.Cl.Cl. The van der Waals surface area contributed by atoms with Crippen molar-refractivity contribution in [2.75, 3.05) is 30.9 Å². The van der Waals surface area contributed by atoms with Crippen LogP contribution in [0.2, 0.25) is 0 Å². The average molecular weight is 512 g/mol. The number of aromatic nitrogens is 2. The summed E-state index contributed by atoms with van der Waals surface area (Å²) in [6.07, 6.45) is 5.96. The van der Waals surface area contributed by atoms with Crippen molar-refractivity contribution in [2.24, 2.45) is 0 Å². The fourth-order valence-electron chi connectivity index (χ4n) is 4.38. The van der Waals surface area contributed by atoms with Crippen LogP contribution in [-0.2, 0) is 6.42 Å². The first-order valence-electron chi connectivity index (χ1n) is 11.4. The maximum Gasteiger partial charge on any atom is 0.225 e. The molecule has 2 N–H and O–H groups in total. The Kier molecular flexibility index (Phi) is 10.7. The van der Waals surface area contributed by atoms with Gasteiger partial charge in [-0.25, -0.2) is 13.8 Å². The van der Waals surface area contributed by atoms with Gasteiger partial charge in [-0.05, 0) is 74.9 Å². The van der Waals surface area contributed by atoms with Crippen molar-refractivity contribution < 1.29 is 8.78 Å². The molecule has 186 valence electrons. The van der Waals surface area contributed by atoms with Gasteiger partial charge in [0.1, 0.15) is 5.82 Å². The largest absolute Gasteiger partial charge is 0.362 e. The minimum absolute atomic E-state index is 0. The van der Waals surface area contributed by atoms with E-state index in [-0.39, 0.29) is 24.8 Å². The summed E-state index contributed by atoms with van der Waals surface area (Å²) in [5.41, 5.74) is 1.79. The lowest BCUT2D eigenvalue weighted by Gasteiger charge is -2.30. The van der Waals surface area contributed by atoms with E-state index in [4.69, 9.17) is 9.97 Å². The van der Waals surface area contributed by atoms with Gasteiger partial charge in [0.25, 0.3) is 0 Å². The molecule has 1 aliphatic carbocycles. The number of para-hydroxylation sites is 1. The highest BCUT2D eigenvalue weighted by molar-refractivity contribution is 5.90. The summed E-state index contributed by atoms with van der Waals surface area (Å²) >= 11 is 0. The van der Waals surface area contributed by atoms with Gasteiger partial charge in [-0.1, -0.05) is 18.2 Å². The Morgan fingerprint density at radius 1 is 0.912 bits per heavy atom. The van der Waals surface area contributed by atoms with Crippen molar-refractivity contribution >= 4 is 47.5 Å². The smallest absolute Gasteiger partial charge is 0.225 e. The van der Waals surface area contributed by atoms with E-state index in [0.29, 0.717) is 18.0 Å². The first-order chi connectivity index (χ1) is 15.5. The summed E-state index contributed by atoms with van der Waals surface area (Å²) in [6, 6.07) is 13.1. The molecular weight excluding hydrogens is 479 g/mol. The van der Waals surface area contributed by atoms with Crippen LogP contribution in [0, 0.1) is 11.6 Å². The van der Waals surface area contributed by atoms with Crippen LogP contribution in [0.4, 0.5) is 20.5 Å². The number of anilines is 2. The maximum absolute atomic E-state index is 13.3. The molecule has 0 amide bonds. The first-order valence-corrected chi connectivity index (χ1v) is 11.4. The molecular formula is C25H33Cl2F2N5. The predicted octanol–water partition coefficient (Wildman–Crippen LogP) is 5.76. The molecule has 1 saturated carbocycles. The fraction of sp³-hybridized carbons (Fsp3) is 0.440. The van der Waals surface area contributed by atoms with Crippen molar-refractivity contribution in [1.82, 2.24) is 15.3 Å². The number of nitrogens with one attached hydrogen (secondary N) is 2. The van der Waals surface area contributed by atoms with E-state index >= 15 is 0 Å². The molecule has 0 atom stereocenters. The summed E-state index contributed by atoms with van der Waals surface area (Å²) in [5.74, 6) is 0.0588. The Balaban J connectivity index is 0.00000204. The van der Waals surface area contributed by atoms with E-state index in [1.54, 1.807) is 6.07 Å². The third kappa shape index (κ3) is 7.14. The second-order valence-corrected chi connectivity index (χ2v) is 8.78. The number of fused-ring (bicyclic) bond motifs is 1. The number of aryl methyl sites for hydroxylation is 1. The molecule has 1 fully saturated rings. The molecule has 0 aliphatic heterocycles. The van der Waals surface area contributed by atoms with Crippen molar-refractivity contribution in [3.05, 3.63) is 59.7 Å². The lowest BCUT2D eigenvalue weighted by atomic mass is 9.91. The number of benzene rings is 2. The Morgan fingerprint density at radius 2 is 1.62 bits per heavy atom. The van der Waals surface area contributed by atoms with Crippen LogP contribution in [0.1, 0.15) is 37.7 Å². The summed E-state index contributed by atoms with van der Waals surface area (Å²) in [7, 11) is 4.00.